The summed E-state index contributed by atoms with van der Waals surface area (Å²) >= 11 is 0. The third-order valence-electron chi connectivity index (χ3n) is 3.23. The van der Waals surface area contributed by atoms with Crippen molar-refractivity contribution in [1.29, 1.82) is 0 Å². The molecule has 20 heavy (non-hydrogen) atoms. The monoisotopic (exact) mass is 276 g/mol. The Morgan fingerprint density at radius 3 is 2.95 bits per heavy atom. The first kappa shape index (κ1) is 14.3. The number of aryl methyl sites for hydroxylation is 1. The van der Waals surface area contributed by atoms with E-state index < -0.39 is 0 Å². The fourth-order valence-corrected chi connectivity index (χ4v) is 2.04. The van der Waals surface area contributed by atoms with Gasteiger partial charge in [-0.25, -0.2) is 0 Å². The predicted octanol–water partition coefficient (Wildman–Crippen LogP) is 0.536. The van der Waals surface area contributed by atoms with E-state index in [1.165, 1.54) is 0 Å². The molecular weight excluding hydrogens is 256 g/mol. The molecular formula is C13H20N6O. The van der Waals surface area contributed by atoms with Gasteiger partial charge in [-0.1, -0.05) is 0 Å². The van der Waals surface area contributed by atoms with Crippen molar-refractivity contribution in [2.45, 2.75) is 26.4 Å². The van der Waals surface area contributed by atoms with Gasteiger partial charge in [0, 0.05) is 37.6 Å². The van der Waals surface area contributed by atoms with Crippen molar-refractivity contribution < 1.29 is 4.79 Å². The van der Waals surface area contributed by atoms with Crippen LogP contribution in [0.5, 0.6) is 0 Å². The summed E-state index contributed by atoms with van der Waals surface area (Å²) in [5, 5.41) is 10.9. The molecule has 7 nitrogen and oxygen atoms in total. The topological polar surface area (TPSA) is 92.8 Å². The van der Waals surface area contributed by atoms with E-state index in [0.717, 1.165) is 24.2 Å². The Bertz CT molecular complexity index is 559. The fourth-order valence-electron chi connectivity index (χ4n) is 2.04. The predicted molar refractivity (Wildman–Crippen MR) is 75.0 cm³/mol. The number of carbonyl (C=O) groups excluding carboxylic acids is 1. The highest BCUT2D eigenvalue weighted by Gasteiger charge is 2.18. The first-order valence-corrected chi connectivity index (χ1v) is 6.59. The number of nitrogens with one attached hydrogen (secondary N) is 1. The summed E-state index contributed by atoms with van der Waals surface area (Å²) in [6.07, 6.45) is 5.96. The molecule has 2 rings (SSSR count). The highest BCUT2D eigenvalue weighted by atomic mass is 16.2. The molecule has 108 valence electrons. The second-order valence-corrected chi connectivity index (χ2v) is 4.78. The maximum Gasteiger partial charge on any atom is 0.257 e. The molecule has 0 saturated carbocycles. The molecule has 0 unspecified atom stereocenters. The van der Waals surface area contributed by atoms with E-state index in [9.17, 15) is 4.79 Å². The van der Waals surface area contributed by atoms with Crippen LogP contribution in [0.3, 0.4) is 0 Å². The van der Waals surface area contributed by atoms with E-state index in [-0.39, 0.29) is 5.91 Å². The number of hydrogen-bond acceptors (Lipinski definition) is 4. The second kappa shape index (κ2) is 6.33. The molecule has 0 fully saturated rings. The molecule has 1 amide bonds. The van der Waals surface area contributed by atoms with Crippen LogP contribution in [-0.4, -0.2) is 44.4 Å². The second-order valence-electron chi connectivity index (χ2n) is 4.78. The molecule has 2 aromatic rings. The lowest BCUT2D eigenvalue weighted by Gasteiger charge is -2.16. The van der Waals surface area contributed by atoms with E-state index in [1.54, 1.807) is 30.5 Å². The summed E-state index contributed by atoms with van der Waals surface area (Å²) in [6, 6.07) is 0. The van der Waals surface area contributed by atoms with Crippen molar-refractivity contribution in [3.05, 3.63) is 35.4 Å². The van der Waals surface area contributed by atoms with E-state index in [2.05, 4.69) is 15.3 Å². The van der Waals surface area contributed by atoms with Gasteiger partial charge in [0.2, 0.25) is 0 Å². The Hall–Kier alpha value is -2.15. The Morgan fingerprint density at radius 2 is 2.30 bits per heavy atom. The van der Waals surface area contributed by atoms with Crippen LogP contribution >= 0.6 is 0 Å². The molecule has 2 aromatic heterocycles. The van der Waals surface area contributed by atoms with Crippen molar-refractivity contribution in [3.63, 3.8) is 0 Å². The van der Waals surface area contributed by atoms with Crippen LogP contribution in [0, 0.1) is 6.92 Å². The summed E-state index contributed by atoms with van der Waals surface area (Å²) in [4.78, 5) is 14.1. The van der Waals surface area contributed by atoms with Gasteiger partial charge in [-0.05, 0) is 19.9 Å². The summed E-state index contributed by atoms with van der Waals surface area (Å²) < 4.78 is 1.83. The molecule has 0 radical (unpaired) electrons. The lowest BCUT2D eigenvalue weighted by Crippen LogP contribution is -2.26. The highest BCUT2D eigenvalue weighted by molar-refractivity contribution is 5.94. The lowest BCUT2D eigenvalue weighted by molar-refractivity contribution is 0.0784. The van der Waals surface area contributed by atoms with Gasteiger partial charge in [-0.15, -0.1) is 0 Å². The Balaban J connectivity index is 2.06. The Kier molecular flexibility index (Phi) is 4.52. The molecule has 0 aromatic carbocycles. The van der Waals surface area contributed by atoms with Gasteiger partial charge in [0.1, 0.15) is 0 Å². The zero-order valence-corrected chi connectivity index (χ0v) is 11.8. The number of nitrogens with zero attached hydrogens (tertiary/aromatic N) is 4. The molecule has 0 aliphatic rings. The first-order chi connectivity index (χ1) is 9.63. The number of amides is 1. The van der Waals surface area contributed by atoms with Crippen LogP contribution in [-0.2, 0) is 13.1 Å². The van der Waals surface area contributed by atoms with Gasteiger partial charge in [-0.2, -0.15) is 10.2 Å². The molecule has 2 heterocycles. The smallest absolute Gasteiger partial charge is 0.257 e. The van der Waals surface area contributed by atoms with Crippen molar-refractivity contribution in [1.82, 2.24) is 24.9 Å². The number of nitrogens with two attached hydrogens (primary N) is 1. The largest absolute Gasteiger partial charge is 0.337 e. The minimum atomic E-state index is -0.0392. The van der Waals surface area contributed by atoms with Gasteiger partial charge >= 0.3 is 0 Å². The normalized spacial score (nSPS) is 10.8. The Labute approximate surface area is 117 Å². The Morgan fingerprint density at radius 1 is 1.50 bits per heavy atom. The summed E-state index contributed by atoms with van der Waals surface area (Å²) in [6.45, 7) is 3.77. The van der Waals surface area contributed by atoms with E-state index in [4.69, 9.17) is 5.73 Å². The molecule has 0 aliphatic carbocycles. The lowest BCUT2D eigenvalue weighted by atomic mass is 10.2. The van der Waals surface area contributed by atoms with Gasteiger partial charge in [0.15, 0.2) is 0 Å². The highest BCUT2D eigenvalue weighted by Crippen LogP contribution is 2.12. The van der Waals surface area contributed by atoms with Crippen molar-refractivity contribution in [2.24, 2.45) is 5.73 Å². The van der Waals surface area contributed by atoms with Gasteiger partial charge in [0.05, 0.1) is 18.0 Å². The van der Waals surface area contributed by atoms with Gasteiger partial charge < -0.3 is 10.6 Å². The zero-order valence-electron chi connectivity index (χ0n) is 11.8. The third kappa shape index (κ3) is 3.05. The number of H-pyrrole nitrogens is 1. The number of aromatic nitrogens is 4. The number of rotatable bonds is 6. The van der Waals surface area contributed by atoms with Crippen LogP contribution in [0.4, 0.5) is 0 Å². The van der Waals surface area contributed by atoms with Crippen LogP contribution < -0.4 is 5.73 Å². The minimum Gasteiger partial charge on any atom is -0.337 e. The molecule has 0 spiro atoms. The van der Waals surface area contributed by atoms with Crippen LogP contribution in [0.1, 0.15) is 28.0 Å². The minimum absolute atomic E-state index is 0.0392. The quantitative estimate of drug-likeness (QED) is 0.805. The van der Waals surface area contributed by atoms with Crippen LogP contribution in [0.15, 0.2) is 18.6 Å². The number of carbonyl (C=O) groups is 1. The number of hydrogen-bond donors (Lipinski definition) is 2. The molecule has 7 heteroatoms. The SMILES string of the molecule is Cc1c(C(=O)N(C)Cc2cn[nH]c2)cnn1CCCN. The summed E-state index contributed by atoms with van der Waals surface area (Å²) in [5.74, 6) is -0.0392. The third-order valence-corrected chi connectivity index (χ3v) is 3.23. The van der Waals surface area contributed by atoms with E-state index in [1.807, 2.05) is 11.6 Å². The molecule has 0 atom stereocenters. The zero-order chi connectivity index (χ0) is 14.5. The standard InChI is InChI=1S/C13H20N6O/c1-10-12(8-17-19(10)5-3-4-14)13(20)18(2)9-11-6-15-16-7-11/h6-8H,3-5,9,14H2,1-2H3,(H,15,16). The average Bonchev–Trinajstić information content (AvgIpc) is 3.06. The van der Waals surface area contributed by atoms with Crippen molar-refractivity contribution in [2.75, 3.05) is 13.6 Å². The first-order valence-electron chi connectivity index (χ1n) is 6.59. The van der Waals surface area contributed by atoms with E-state index in [0.29, 0.717) is 18.7 Å². The van der Waals surface area contributed by atoms with Crippen molar-refractivity contribution in [3.8, 4) is 0 Å². The molecule has 0 saturated heterocycles. The molecule has 3 N–H and O–H groups in total. The molecule has 0 aliphatic heterocycles. The maximum atomic E-state index is 12.4. The number of aromatic amines is 1. The fraction of sp³-hybridized carbons (Fsp3) is 0.462. The van der Waals surface area contributed by atoms with E-state index >= 15 is 0 Å². The van der Waals surface area contributed by atoms with Crippen LogP contribution in [0.25, 0.3) is 0 Å². The molecule has 0 bridgehead atoms. The summed E-state index contributed by atoms with van der Waals surface area (Å²) in [5.41, 5.74) is 7.97. The van der Waals surface area contributed by atoms with Gasteiger partial charge in [-0.3, -0.25) is 14.6 Å². The maximum absolute atomic E-state index is 12.4. The van der Waals surface area contributed by atoms with Crippen LogP contribution in [0.2, 0.25) is 0 Å². The summed E-state index contributed by atoms with van der Waals surface area (Å²) in [7, 11) is 1.77. The van der Waals surface area contributed by atoms with Gasteiger partial charge in [0.25, 0.3) is 5.91 Å². The average molecular weight is 276 g/mol. The van der Waals surface area contributed by atoms with Crippen molar-refractivity contribution >= 4 is 5.91 Å².